The number of benzene rings is 5. The molecule has 0 saturated heterocycles. The highest BCUT2D eigenvalue weighted by Crippen LogP contribution is 2.34. The summed E-state index contributed by atoms with van der Waals surface area (Å²) in [5.41, 5.74) is 9.03. The molecule has 198 valence electrons. The zero-order valence-corrected chi connectivity index (χ0v) is 22.7. The van der Waals surface area contributed by atoms with Gasteiger partial charge in [-0.2, -0.15) is 0 Å². The molecule has 2 aromatic heterocycles. The van der Waals surface area contributed by atoms with Crippen LogP contribution in [0.4, 0.5) is 0 Å². The van der Waals surface area contributed by atoms with Crippen LogP contribution in [0, 0.1) is 0 Å². The van der Waals surface area contributed by atoms with Crippen LogP contribution < -0.4 is 0 Å². The number of hydrogen-bond acceptors (Lipinski definition) is 5. The fourth-order valence-corrected chi connectivity index (χ4v) is 4.94. The van der Waals surface area contributed by atoms with Crippen molar-refractivity contribution in [1.82, 2.24) is 24.9 Å². The zero-order valence-electron chi connectivity index (χ0n) is 22.7. The molecule has 5 heteroatoms. The Balaban J connectivity index is 1.39. The molecular weight excluding hydrogens is 514 g/mol. The lowest BCUT2D eigenvalue weighted by atomic mass is 9.95. The van der Waals surface area contributed by atoms with Crippen LogP contribution in [-0.4, -0.2) is 24.9 Å². The minimum atomic E-state index is 0.623. The van der Waals surface area contributed by atoms with Crippen LogP contribution in [0.1, 0.15) is 0 Å². The highest BCUT2D eigenvalue weighted by atomic mass is 15.0. The molecule has 0 saturated carbocycles. The van der Waals surface area contributed by atoms with Crippen molar-refractivity contribution in [3.63, 3.8) is 0 Å². The van der Waals surface area contributed by atoms with Crippen molar-refractivity contribution in [3.05, 3.63) is 152 Å². The highest BCUT2D eigenvalue weighted by molar-refractivity contribution is 5.81. The summed E-state index contributed by atoms with van der Waals surface area (Å²) in [6, 6.07) is 45.4. The Morgan fingerprint density at radius 1 is 0.333 bits per heavy atom. The minimum Gasteiger partial charge on any atom is -0.261 e. The fraction of sp³-hybridized carbons (Fsp3) is 0. The predicted molar refractivity (Wildman–Crippen MR) is 168 cm³/mol. The van der Waals surface area contributed by atoms with E-state index in [0.29, 0.717) is 17.5 Å². The van der Waals surface area contributed by atoms with E-state index in [1.165, 1.54) is 0 Å². The molecule has 0 atom stereocenters. The normalized spacial score (nSPS) is 10.9. The summed E-state index contributed by atoms with van der Waals surface area (Å²) in [7, 11) is 0. The third-order valence-electron chi connectivity index (χ3n) is 7.07. The minimum absolute atomic E-state index is 0.623. The van der Waals surface area contributed by atoms with Gasteiger partial charge in [-0.15, -0.1) is 0 Å². The van der Waals surface area contributed by atoms with Crippen molar-refractivity contribution in [1.29, 1.82) is 0 Å². The van der Waals surface area contributed by atoms with Crippen molar-refractivity contribution >= 4 is 0 Å². The van der Waals surface area contributed by atoms with Gasteiger partial charge in [0.2, 0.25) is 0 Å². The quantitative estimate of drug-likeness (QED) is 0.212. The molecule has 0 bridgehead atoms. The monoisotopic (exact) mass is 539 g/mol. The summed E-state index contributed by atoms with van der Waals surface area (Å²) >= 11 is 0. The molecule has 7 aromatic rings. The van der Waals surface area contributed by atoms with Crippen molar-refractivity contribution in [2.75, 3.05) is 0 Å². The molecule has 2 heterocycles. The molecule has 0 aliphatic heterocycles. The van der Waals surface area contributed by atoms with Gasteiger partial charge in [-0.05, 0) is 40.5 Å². The first-order chi connectivity index (χ1) is 20.8. The lowest BCUT2D eigenvalue weighted by molar-refractivity contribution is 1.07. The second-order valence-corrected chi connectivity index (χ2v) is 9.87. The maximum Gasteiger partial charge on any atom is 0.164 e. The largest absolute Gasteiger partial charge is 0.261 e. The van der Waals surface area contributed by atoms with Gasteiger partial charge in [0.15, 0.2) is 17.5 Å². The SMILES string of the molecule is c1ccc(-c2cc(-c3ccc(-c4cnccn4)cc3)cc(-c3nc(-c4ccccc4)nc(-c4ccccc4)n3)c2)cc1. The van der Waals surface area contributed by atoms with Crippen LogP contribution in [-0.2, 0) is 0 Å². The van der Waals surface area contributed by atoms with E-state index in [0.717, 1.165) is 50.2 Å². The second kappa shape index (κ2) is 11.4. The molecular formula is C37H25N5. The molecule has 42 heavy (non-hydrogen) atoms. The Labute approximate surface area is 244 Å². The fourth-order valence-electron chi connectivity index (χ4n) is 4.94. The molecule has 0 aliphatic rings. The molecule has 7 rings (SSSR count). The maximum absolute atomic E-state index is 4.99. The van der Waals surface area contributed by atoms with E-state index in [1.807, 2.05) is 66.7 Å². The molecule has 0 aliphatic carbocycles. The van der Waals surface area contributed by atoms with Crippen LogP contribution in [0.25, 0.3) is 67.7 Å². The number of nitrogens with zero attached hydrogens (tertiary/aromatic N) is 5. The van der Waals surface area contributed by atoms with E-state index in [2.05, 4.69) is 76.7 Å². The lowest BCUT2D eigenvalue weighted by Crippen LogP contribution is -2.00. The van der Waals surface area contributed by atoms with Gasteiger partial charge >= 0.3 is 0 Å². The molecule has 0 unspecified atom stereocenters. The van der Waals surface area contributed by atoms with E-state index < -0.39 is 0 Å². The average molecular weight is 540 g/mol. The standard InChI is InChI=1S/C37H25N5/c1-4-10-26(11-5-1)31-22-32(27-16-18-28(19-17-27)34-25-38-20-21-39-34)24-33(23-31)37-41-35(29-12-6-2-7-13-29)40-36(42-37)30-14-8-3-9-15-30/h1-25H. The Hall–Kier alpha value is -5.81. The van der Waals surface area contributed by atoms with E-state index in [1.54, 1.807) is 18.6 Å². The Morgan fingerprint density at radius 3 is 1.26 bits per heavy atom. The van der Waals surface area contributed by atoms with Gasteiger partial charge in [-0.25, -0.2) is 15.0 Å². The topological polar surface area (TPSA) is 64.5 Å². The first-order valence-electron chi connectivity index (χ1n) is 13.7. The Morgan fingerprint density at radius 2 is 0.762 bits per heavy atom. The molecule has 5 nitrogen and oxygen atoms in total. The van der Waals surface area contributed by atoms with Crippen molar-refractivity contribution in [2.24, 2.45) is 0 Å². The second-order valence-electron chi connectivity index (χ2n) is 9.87. The number of aromatic nitrogens is 5. The Bertz CT molecular complexity index is 1880. The molecule has 0 radical (unpaired) electrons. The van der Waals surface area contributed by atoms with Crippen LogP contribution in [0.2, 0.25) is 0 Å². The summed E-state index contributed by atoms with van der Waals surface area (Å²) in [6.45, 7) is 0. The van der Waals surface area contributed by atoms with Crippen molar-refractivity contribution in [3.8, 4) is 67.7 Å². The Kier molecular flexibility index (Phi) is 6.81. The van der Waals surface area contributed by atoms with E-state index in [4.69, 9.17) is 15.0 Å². The number of hydrogen-bond donors (Lipinski definition) is 0. The summed E-state index contributed by atoms with van der Waals surface area (Å²) < 4.78 is 0. The van der Waals surface area contributed by atoms with Crippen LogP contribution in [0.15, 0.2) is 152 Å². The molecule has 0 spiro atoms. The number of rotatable bonds is 6. The lowest BCUT2D eigenvalue weighted by Gasteiger charge is -2.13. The average Bonchev–Trinajstić information content (AvgIpc) is 3.09. The maximum atomic E-state index is 4.99. The van der Waals surface area contributed by atoms with Crippen molar-refractivity contribution in [2.45, 2.75) is 0 Å². The third-order valence-corrected chi connectivity index (χ3v) is 7.07. The van der Waals surface area contributed by atoms with Crippen LogP contribution in [0.5, 0.6) is 0 Å². The highest BCUT2D eigenvalue weighted by Gasteiger charge is 2.15. The summed E-state index contributed by atoms with van der Waals surface area (Å²) in [5.74, 6) is 1.90. The first kappa shape index (κ1) is 25.2. The van der Waals surface area contributed by atoms with Gasteiger partial charge in [0.25, 0.3) is 0 Å². The predicted octanol–water partition coefficient (Wildman–Crippen LogP) is 8.66. The van der Waals surface area contributed by atoms with Crippen LogP contribution >= 0.6 is 0 Å². The van der Waals surface area contributed by atoms with Crippen LogP contribution in [0.3, 0.4) is 0 Å². The molecule has 0 fully saturated rings. The van der Waals surface area contributed by atoms with Gasteiger partial charge in [0, 0.05) is 34.6 Å². The summed E-state index contributed by atoms with van der Waals surface area (Å²) in [6.07, 6.45) is 5.17. The smallest absolute Gasteiger partial charge is 0.164 e. The van der Waals surface area contributed by atoms with Crippen molar-refractivity contribution < 1.29 is 0 Å². The third kappa shape index (κ3) is 5.31. The molecule has 5 aromatic carbocycles. The molecule has 0 N–H and O–H groups in total. The summed E-state index contributed by atoms with van der Waals surface area (Å²) in [5, 5.41) is 0. The van der Waals surface area contributed by atoms with Gasteiger partial charge < -0.3 is 0 Å². The molecule has 0 amide bonds. The van der Waals surface area contributed by atoms with Gasteiger partial charge in [0.05, 0.1) is 11.9 Å². The van der Waals surface area contributed by atoms with E-state index in [9.17, 15) is 0 Å². The van der Waals surface area contributed by atoms with E-state index >= 15 is 0 Å². The zero-order chi connectivity index (χ0) is 28.1. The van der Waals surface area contributed by atoms with Gasteiger partial charge in [-0.1, -0.05) is 115 Å². The first-order valence-corrected chi connectivity index (χ1v) is 13.7. The van der Waals surface area contributed by atoms with Gasteiger partial charge in [-0.3, -0.25) is 9.97 Å². The van der Waals surface area contributed by atoms with Gasteiger partial charge in [0.1, 0.15) is 0 Å². The summed E-state index contributed by atoms with van der Waals surface area (Å²) in [4.78, 5) is 23.5. The van der Waals surface area contributed by atoms with E-state index in [-0.39, 0.29) is 0 Å².